The molecule has 154 valence electrons. The molecule has 4 rings (SSSR count). The van der Waals surface area contributed by atoms with Gasteiger partial charge in [0.05, 0.1) is 13.2 Å². The maximum absolute atomic E-state index is 13.5. The largest absolute Gasteiger partial charge is 0.378 e. The summed E-state index contributed by atoms with van der Waals surface area (Å²) in [5.74, 6) is 0.187. The number of carbonyl (C=O) groups is 1. The molecular weight excluding hydrogens is 366 g/mol. The molecule has 29 heavy (non-hydrogen) atoms. The van der Waals surface area contributed by atoms with Gasteiger partial charge in [-0.15, -0.1) is 0 Å². The van der Waals surface area contributed by atoms with Crippen molar-refractivity contribution in [2.75, 3.05) is 27.4 Å². The quantitative estimate of drug-likeness (QED) is 0.527. The number of ketones is 1. The van der Waals surface area contributed by atoms with Gasteiger partial charge in [-0.25, -0.2) is 0 Å². The lowest BCUT2D eigenvalue weighted by Gasteiger charge is -2.48. The van der Waals surface area contributed by atoms with Gasteiger partial charge in [0.2, 0.25) is 0 Å². The fraction of sp³-hybridized carbons (Fsp3) is 0.458. The lowest BCUT2D eigenvalue weighted by atomic mass is 9.79. The van der Waals surface area contributed by atoms with Crippen LogP contribution in [0.15, 0.2) is 54.6 Å². The van der Waals surface area contributed by atoms with Crippen LogP contribution in [0.25, 0.3) is 0 Å². The van der Waals surface area contributed by atoms with Crippen LogP contribution in [-0.2, 0) is 20.8 Å². The highest BCUT2D eigenvalue weighted by Crippen LogP contribution is 2.36. The molecule has 2 aliphatic heterocycles. The normalized spacial score (nSPS) is 24.6. The first-order chi connectivity index (χ1) is 14.2. The zero-order valence-electron chi connectivity index (χ0n) is 17.1. The summed E-state index contributed by atoms with van der Waals surface area (Å²) < 4.78 is 16.7. The van der Waals surface area contributed by atoms with Gasteiger partial charge in [0.25, 0.3) is 0 Å². The highest BCUT2D eigenvalue weighted by Gasteiger charge is 2.41. The van der Waals surface area contributed by atoms with Crippen LogP contribution in [0.3, 0.4) is 0 Å². The Hall–Kier alpha value is -2.05. The maximum atomic E-state index is 13.5. The van der Waals surface area contributed by atoms with E-state index in [2.05, 4.69) is 29.2 Å². The van der Waals surface area contributed by atoms with Gasteiger partial charge >= 0.3 is 0 Å². The summed E-state index contributed by atoms with van der Waals surface area (Å²) in [6.45, 7) is 2.29. The summed E-state index contributed by atoms with van der Waals surface area (Å²) in [5.41, 5.74) is 2.82. The number of carbonyl (C=O) groups excluding carboxylic acids is 1. The standard InChI is InChI=1S/C24H29NO4/c1-27-24(28-2)22-11-7-6-10-21(22)23(26)18-12-19-15-29-16-20(13-18)25(19)14-17-8-4-3-5-9-17/h3-11,18-20,24H,12-16H2,1-2H3. The smallest absolute Gasteiger partial charge is 0.183 e. The lowest BCUT2D eigenvalue weighted by molar-refractivity contribution is -0.106. The van der Waals surface area contributed by atoms with Gasteiger partial charge in [0.15, 0.2) is 12.1 Å². The highest BCUT2D eigenvalue weighted by molar-refractivity contribution is 5.99. The fourth-order valence-corrected chi connectivity index (χ4v) is 4.75. The fourth-order valence-electron chi connectivity index (χ4n) is 4.75. The molecule has 0 spiro atoms. The molecule has 2 saturated heterocycles. The van der Waals surface area contributed by atoms with Crippen molar-refractivity contribution in [3.05, 3.63) is 71.3 Å². The number of benzene rings is 2. The molecule has 2 aliphatic rings. The molecule has 2 bridgehead atoms. The van der Waals surface area contributed by atoms with Gasteiger partial charge in [0, 0.05) is 49.9 Å². The van der Waals surface area contributed by atoms with E-state index < -0.39 is 6.29 Å². The second-order valence-electron chi connectivity index (χ2n) is 7.93. The molecule has 0 N–H and O–H groups in total. The van der Waals surface area contributed by atoms with E-state index in [9.17, 15) is 4.79 Å². The summed E-state index contributed by atoms with van der Waals surface area (Å²) in [5, 5.41) is 0. The predicted molar refractivity (Wildman–Crippen MR) is 111 cm³/mol. The van der Waals surface area contributed by atoms with Crippen LogP contribution in [0, 0.1) is 5.92 Å². The summed E-state index contributed by atoms with van der Waals surface area (Å²) in [4.78, 5) is 16.0. The lowest BCUT2D eigenvalue weighted by Crippen LogP contribution is -2.57. The number of methoxy groups -OCH3 is 2. The third kappa shape index (κ3) is 4.28. The minimum absolute atomic E-state index is 0.00330. The second-order valence-corrected chi connectivity index (χ2v) is 7.93. The van der Waals surface area contributed by atoms with Crippen LogP contribution in [0.4, 0.5) is 0 Å². The van der Waals surface area contributed by atoms with Crippen molar-refractivity contribution in [1.82, 2.24) is 4.90 Å². The molecular formula is C24H29NO4. The average molecular weight is 395 g/mol. The first-order valence-corrected chi connectivity index (χ1v) is 10.3. The molecule has 2 heterocycles. The number of nitrogens with zero attached hydrogens (tertiary/aromatic N) is 1. The number of hydrogen-bond donors (Lipinski definition) is 0. The molecule has 0 aromatic heterocycles. The SMILES string of the molecule is COC(OC)c1ccccc1C(=O)C1CC2COCC(C1)N2Cc1ccccc1. The van der Waals surface area contributed by atoms with Crippen LogP contribution in [0.5, 0.6) is 0 Å². The van der Waals surface area contributed by atoms with E-state index in [-0.39, 0.29) is 23.8 Å². The van der Waals surface area contributed by atoms with Crippen LogP contribution in [0.2, 0.25) is 0 Å². The molecule has 0 aliphatic carbocycles. The Balaban J connectivity index is 1.53. The molecule has 2 unspecified atom stereocenters. The van der Waals surface area contributed by atoms with Crippen molar-refractivity contribution < 1.29 is 19.0 Å². The van der Waals surface area contributed by atoms with Crippen molar-refractivity contribution in [2.45, 2.75) is 37.8 Å². The van der Waals surface area contributed by atoms with Crippen LogP contribution >= 0.6 is 0 Å². The van der Waals surface area contributed by atoms with Crippen molar-refractivity contribution in [3.63, 3.8) is 0 Å². The molecule has 0 radical (unpaired) electrons. The zero-order chi connectivity index (χ0) is 20.2. The monoisotopic (exact) mass is 395 g/mol. The molecule has 2 aromatic rings. The Morgan fingerprint density at radius 2 is 1.62 bits per heavy atom. The van der Waals surface area contributed by atoms with E-state index >= 15 is 0 Å². The molecule has 2 aromatic carbocycles. The number of morpholine rings is 1. The van der Waals surface area contributed by atoms with Gasteiger partial charge < -0.3 is 14.2 Å². The zero-order valence-corrected chi connectivity index (χ0v) is 17.1. The van der Waals surface area contributed by atoms with Gasteiger partial charge in [0.1, 0.15) is 0 Å². The number of ether oxygens (including phenoxy) is 3. The van der Waals surface area contributed by atoms with Gasteiger partial charge in [-0.2, -0.15) is 0 Å². The van der Waals surface area contributed by atoms with E-state index in [1.165, 1.54) is 5.56 Å². The van der Waals surface area contributed by atoms with E-state index in [1.807, 2.05) is 30.3 Å². The Bertz CT molecular complexity index is 807. The molecule has 5 heteroatoms. The number of Topliss-reactive ketones (excluding diaryl/α,β-unsaturated/α-hetero) is 1. The van der Waals surface area contributed by atoms with Crippen molar-refractivity contribution in [1.29, 1.82) is 0 Å². The Kier molecular flexibility index (Phi) is 6.40. The summed E-state index contributed by atoms with van der Waals surface area (Å²) in [7, 11) is 3.19. The number of fused-ring (bicyclic) bond motifs is 2. The van der Waals surface area contributed by atoms with Crippen molar-refractivity contribution >= 4 is 5.78 Å². The maximum Gasteiger partial charge on any atom is 0.183 e. The molecule has 0 amide bonds. The summed E-state index contributed by atoms with van der Waals surface area (Å²) in [6.07, 6.45) is 1.11. The van der Waals surface area contributed by atoms with Crippen LogP contribution < -0.4 is 0 Å². The predicted octanol–water partition coefficient (Wildman–Crippen LogP) is 3.84. The first kappa shape index (κ1) is 20.2. The average Bonchev–Trinajstić information content (AvgIpc) is 2.75. The first-order valence-electron chi connectivity index (χ1n) is 10.3. The van der Waals surface area contributed by atoms with E-state index in [4.69, 9.17) is 14.2 Å². The number of piperidine rings is 1. The molecule has 5 nitrogen and oxygen atoms in total. The van der Waals surface area contributed by atoms with Crippen LogP contribution in [-0.4, -0.2) is 50.2 Å². The van der Waals surface area contributed by atoms with Gasteiger partial charge in [-0.3, -0.25) is 9.69 Å². The topological polar surface area (TPSA) is 48.0 Å². The van der Waals surface area contributed by atoms with Gasteiger partial charge in [-0.1, -0.05) is 54.6 Å². The third-order valence-electron chi connectivity index (χ3n) is 6.16. The molecule has 2 atom stereocenters. The summed E-state index contributed by atoms with van der Waals surface area (Å²) in [6, 6.07) is 18.7. The number of rotatable bonds is 7. The minimum atomic E-state index is -0.531. The minimum Gasteiger partial charge on any atom is -0.378 e. The van der Waals surface area contributed by atoms with Gasteiger partial charge in [-0.05, 0) is 18.4 Å². The van der Waals surface area contributed by atoms with Crippen LogP contribution in [0.1, 0.15) is 40.6 Å². The molecule has 0 saturated carbocycles. The second kappa shape index (κ2) is 9.18. The van der Waals surface area contributed by atoms with Crippen molar-refractivity contribution in [3.8, 4) is 0 Å². The Morgan fingerprint density at radius 1 is 1.00 bits per heavy atom. The number of hydrogen-bond acceptors (Lipinski definition) is 5. The van der Waals surface area contributed by atoms with E-state index in [1.54, 1.807) is 14.2 Å². The van der Waals surface area contributed by atoms with E-state index in [0.717, 1.165) is 24.9 Å². The third-order valence-corrected chi connectivity index (χ3v) is 6.16. The Labute approximate surface area is 172 Å². The van der Waals surface area contributed by atoms with E-state index in [0.29, 0.717) is 18.8 Å². The Morgan fingerprint density at radius 3 is 2.28 bits per heavy atom. The summed E-state index contributed by atoms with van der Waals surface area (Å²) >= 11 is 0. The molecule has 2 fully saturated rings. The van der Waals surface area contributed by atoms with Crippen molar-refractivity contribution in [2.24, 2.45) is 5.92 Å². The highest BCUT2D eigenvalue weighted by atomic mass is 16.7.